The SMILES string of the molecule is O=C(CCCNCc1[nH]c2ccccc2c1Cl)NC1CC1. The van der Waals surface area contributed by atoms with Crippen molar-refractivity contribution < 1.29 is 4.79 Å². The number of carbonyl (C=O) groups is 1. The molecule has 0 aliphatic heterocycles. The molecule has 0 atom stereocenters. The average Bonchev–Trinajstić information content (AvgIpc) is 3.23. The van der Waals surface area contributed by atoms with E-state index < -0.39 is 0 Å². The fourth-order valence-electron chi connectivity index (χ4n) is 2.40. The highest BCUT2D eigenvalue weighted by atomic mass is 35.5. The molecular weight excluding hydrogens is 286 g/mol. The predicted octanol–water partition coefficient (Wildman–Crippen LogP) is 2.97. The van der Waals surface area contributed by atoms with Gasteiger partial charge in [0.15, 0.2) is 0 Å². The Kier molecular flexibility index (Phi) is 4.46. The van der Waals surface area contributed by atoms with Crippen molar-refractivity contribution in [2.75, 3.05) is 6.54 Å². The molecule has 3 rings (SSSR count). The molecule has 21 heavy (non-hydrogen) atoms. The summed E-state index contributed by atoms with van der Waals surface area (Å²) in [7, 11) is 0. The van der Waals surface area contributed by atoms with Crippen molar-refractivity contribution in [1.29, 1.82) is 0 Å². The first-order valence-electron chi connectivity index (χ1n) is 7.49. The maximum Gasteiger partial charge on any atom is 0.220 e. The summed E-state index contributed by atoms with van der Waals surface area (Å²) in [5, 5.41) is 8.16. The van der Waals surface area contributed by atoms with Gasteiger partial charge >= 0.3 is 0 Å². The number of aromatic amines is 1. The fourth-order valence-corrected chi connectivity index (χ4v) is 2.68. The number of aromatic nitrogens is 1. The zero-order chi connectivity index (χ0) is 14.7. The second kappa shape index (κ2) is 6.50. The van der Waals surface area contributed by atoms with Crippen molar-refractivity contribution in [3.05, 3.63) is 35.0 Å². The Balaban J connectivity index is 1.41. The highest BCUT2D eigenvalue weighted by molar-refractivity contribution is 6.36. The van der Waals surface area contributed by atoms with Crippen LogP contribution >= 0.6 is 11.6 Å². The maximum atomic E-state index is 11.5. The minimum absolute atomic E-state index is 0.169. The number of hydrogen-bond acceptors (Lipinski definition) is 2. The first kappa shape index (κ1) is 14.4. The van der Waals surface area contributed by atoms with Crippen molar-refractivity contribution >= 4 is 28.4 Å². The van der Waals surface area contributed by atoms with E-state index in [0.717, 1.165) is 47.4 Å². The predicted molar refractivity (Wildman–Crippen MR) is 85.4 cm³/mol. The third-order valence-corrected chi connectivity index (χ3v) is 4.15. The summed E-state index contributed by atoms with van der Waals surface area (Å²) in [6.07, 6.45) is 3.71. The molecule has 1 amide bonds. The van der Waals surface area contributed by atoms with Crippen LogP contribution in [0.3, 0.4) is 0 Å². The zero-order valence-electron chi connectivity index (χ0n) is 11.9. The van der Waals surface area contributed by atoms with Gasteiger partial charge in [0.2, 0.25) is 5.91 Å². The van der Waals surface area contributed by atoms with Crippen molar-refractivity contribution in [3.63, 3.8) is 0 Å². The lowest BCUT2D eigenvalue weighted by Gasteiger charge is -2.05. The molecular formula is C16H20ClN3O. The number of fused-ring (bicyclic) bond motifs is 1. The van der Waals surface area contributed by atoms with E-state index in [4.69, 9.17) is 11.6 Å². The van der Waals surface area contributed by atoms with Crippen LogP contribution in [0.4, 0.5) is 0 Å². The van der Waals surface area contributed by atoms with Crippen LogP contribution in [0.1, 0.15) is 31.4 Å². The van der Waals surface area contributed by atoms with Crippen LogP contribution in [-0.4, -0.2) is 23.5 Å². The number of benzene rings is 1. The topological polar surface area (TPSA) is 56.9 Å². The number of H-pyrrole nitrogens is 1. The summed E-state index contributed by atoms with van der Waals surface area (Å²) in [5.41, 5.74) is 2.06. The van der Waals surface area contributed by atoms with Gasteiger partial charge in [-0.25, -0.2) is 0 Å². The number of halogens is 1. The molecule has 112 valence electrons. The molecule has 1 fully saturated rings. The minimum Gasteiger partial charge on any atom is -0.356 e. The molecule has 4 nitrogen and oxygen atoms in total. The second-order valence-electron chi connectivity index (χ2n) is 5.59. The molecule has 0 unspecified atom stereocenters. The largest absolute Gasteiger partial charge is 0.356 e. The van der Waals surface area contributed by atoms with Crippen LogP contribution in [0.25, 0.3) is 10.9 Å². The molecule has 5 heteroatoms. The number of amides is 1. The molecule has 0 radical (unpaired) electrons. The molecule has 1 aromatic carbocycles. The van der Waals surface area contributed by atoms with Crippen molar-refractivity contribution in [3.8, 4) is 0 Å². The summed E-state index contributed by atoms with van der Waals surface area (Å²) in [6.45, 7) is 1.50. The lowest BCUT2D eigenvalue weighted by Crippen LogP contribution is -2.26. The number of hydrogen-bond donors (Lipinski definition) is 3. The van der Waals surface area contributed by atoms with Crippen LogP contribution in [0, 0.1) is 0 Å². The fraction of sp³-hybridized carbons (Fsp3) is 0.438. The Morgan fingerprint density at radius 3 is 2.90 bits per heavy atom. The number of carbonyl (C=O) groups excluding carboxylic acids is 1. The van der Waals surface area contributed by atoms with Crippen LogP contribution in [0.15, 0.2) is 24.3 Å². The van der Waals surface area contributed by atoms with Gasteiger partial charge in [0, 0.05) is 35.6 Å². The monoisotopic (exact) mass is 305 g/mol. The molecule has 0 saturated heterocycles. The first-order chi connectivity index (χ1) is 10.2. The molecule has 2 aromatic rings. The molecule has 1 aromatic heterocycles. The molecule has 1 heterocycles. The van der Waals surface area contributed by atoms with E-state index in [1.54, 1.807) is 0 Å². The summed E-state index contributed by atoms with van der Waals surface area (Å²) in [6, 6.07) is 8.46. The van der Waals surface area contributed by atoms with Gasteiger partial charge in [0.1, 0.15) is 0 Å². The third-order valence-electron chi connectivity index (χ3n) is 3.72. The average molecular weight is 306 g/mol. The Labute approximate surface area is 129 Å². The van der Waals surface area contributed by atoms with Gasteiger partial charge in [0.05, 0.1) is 5.02 Å². The summed E-state index contributed by atoms with van der Waals surface area (Å²) < 4.78 is 0. The van der Waals surface area contributed by atoms with Gasteiger partial charge in [-0.2, -0.15) is 0 Å². The van der Waals surface area contributed by atoms with Crippen LogP contribution in [0.2, 0.25) is 5.02 Å². The highest BCUT2D eigenvalue weighted by Gasteiger charge is 2.22. The maximum absolute atomic E-state index is 11.5. The van der Waals surface area contributed by atoms with Gasteiger partial charge in [-0.05, 0) is 31.9 Å². The van der Waals surface area contributed by atoms with E-state index in [1.807, 2.05) is 24.3 Å². The second-order valence-corrected chi connectivity index (χ2v) is 5.96. The minimum atomic E-state index is 0.169. The van der Waals surface area contributed by atoms with Crippen LogP contribution in [-0.2, 0) is 11.3 Å². The zero-order valence-corrected chi connectivity index (χ0v) is 12.7. The van der Waals surface area contributed by atoms with Crippen LogP contribution < -0.4 is 10.6 Å². The quantitative estimate of drug-likeness (QED) is 0.689. The summed E-state index contributed by atoms with van der Waals surface area (Å²) in [5.74, 6) is 0.169. The normalized spacial score (nSPS) is 14.5. The lowest BCUT2D eigenvalue weighted by atomic mass is 10.2. The Morgan fingerprint density at radius 2 is 2.14 bits per heavy atom. The Hall–Kier alpha value is -1.52. The van der Waals surface area contributed by atoms with Gasteiger partial charge in [-0.3, -0.25) is 4.79 Å². The summed E-state index contributed by atoms with van der Waals surface area (Å²) in [4.78, 5) is 14.9. The lowest BCUT2D eigenvalue weighted by molar-refractivity contribution is -0.121. The van der Waals surface area contributed by atoms with Gasteiger partial charge in [-0.1, -0.05) is 29.8 Å². The van der Waals surface area contributed by atoms with Crippen molar-refractivity contribution in [2.24, 2.45) is 0 Å². The molecule has 1 saturated carbocycles. The van der Waals surface area contributed by atoms with Gasteiger partial charge in [0.25, 0.3) is 0 Å². The van der Waals surface area contributed by atoms with E-state index in [-0.39, 0.29) is 5.91 Å². The van der Waals surface area contributed by atoms with E-state index >= 15 is 0 Å². The molecule has 1 aliphatic rings. The standard InChI is InChI=1S/C16H20ClN3O/c17-16-12-4-1-2-5-13(12)20-14(16)10-18-9-3-6-15(21)19-11-7-8-11/h1-2,4-5,11,18,20H,3,6-10H2,(H,19,21). The Bertz CT molecular complexity index is 633. The highest BCUT2D eigenvalue weighted by Crippen LogP contribution is 2.26. The van der Waals surface area contributed by atoms with E-state index in [1.165, 1.54) is 0 Å². The summed E-state index contributed by atoms with van der Waals surface area (Å²) >= 11 is 6.35. The third kappa shape index (κ3) is 3.77. The van der Waals surface area contributed by atoms with E-state index in [0.29, 0.717) is 19.0 Å². The molecule has 3 N–H and O–H groups in total. The van der Waals surface area contributed by atoms with E-state index in [2.05, 4.69) is 15.6 Å². The smallest absolute Gasteiger partial charge is 0.220 e. The molecule has 1 aliphatic carbocycles. The number of rotatable bonds is 7. The van der Waals surface area contributed by atoms with Crippen LogP contribution in [0.5, 0.6) is 0 Å². The number of para-hydroxylation sites is 1. The molecule has 0 spiro atoms. The van der Waals surface area contributed by atoms with E-state index in [9.17, 15) is 4.79 Å². The molecule has 0 bridgehead atoms. The van der Waals surface area contributed by atoms with Crippen molar-refractivity contribution in [1.82, 2.24) is 15.6 Å². The first-order valence-corrected chi connectivity index (χ1v) is 7.87. The number of nitrogens with one attached hydrogen (secondary N) is 3. The van der Waals surface area contributed by atoms with Gasteiger partial charge in [-0.15, -0.1) is 0 Å². The Morgan fingerprint density at radius 1 is 1.33 bits per heavy atom. The van der Waals surface area contributed by atoms with Gasteiger partial charge < -0.3 is 15.6 Å². The van der Waals surface area contributed by atoms with Crippen molar-refractivity contribution in [2.45, 2.75) is 38.3 Å².